The quantitative estimate of drug-likeness (QED) is 0.704. The highest BCUT2D eigenvalue weighted by atomic mass is 32.2. The Bertz CT molecular complexity index is 678. The minimum atomic E-state index is 0.250. The van der Waals surface area contributed by atoms with Crippen LogP contribution in [-0.2, 0) is 0 Å². The Kier molecular flexibility index (Phi) is 5.77. The summed E-state index contributed by atoms with van der Waals surface area (Å²) in [7, 11) is 2.22. The number of nitrogens with zero attached hydrogens (tertiary/aromatic N) is 1. The zero-order valence-electron chi connectivity index (χ0n) is 14.4. The molecule has 2 aliphatic heterocycles. The minimum Gasteiger partial charge on any atom is -0.397 e. The van der Waals surface area contributed by atoms with E-state index in [1.807, 2.05) is 11.8 Å². The van der Waals surface area contributed by atoms with Crippen molar-refractivity contribution in [3.63, 3.8) is 0 Å². The molecule has 0 aliphatic carbocycles. The van der Waals surface area contributed by atoms with Crippen molar-refractivity contribution in [2.24, 2.45) is 5.92 Å². The maximum atomic E-state index is 7.57. The predicted octanol–water partition coefficient (Wildman–Crippen LogP) is 4.53. The van der Waals surface area contributed by atoms with E-state index in [0.717, 1.165) is 0 Å². The van der Waals surface area contributed by atoms with E-state index in [2.05, 4.69) is 66.6 Å². The number of rotatable bonds is 1. The second-order valence-electron chi connectivity index (χ2n) is 6.30. The van der Waals surface area contributed by atoms with Gasteiger partial charge in [-0.1, -0.05) is 54.2 Å². The Morgan fingerprint density at radius 2 is 1.62 bits per heavy atom. The summed E-state index contributed by atoms with van der Waals surface area (Å²) in [5.74, 6) is 0.675. The van der Waals surface area contributed by atoms with Gasteiger partial charge >= 0.3 is 0 Å². The van der Waals surface area contributed by atoms with Gasteiger partial charge in [0, 0.05) is 22.9 Å². The molecule has 24 heavy (non-hydrogen) atoms. The first-order valence-corrected chi connectivity index (χ1v) is 9.42. The van der Waals surface area contributed by atoms with Gasteiger partial charge in [0.05, 0.1) is 0 Å². The molecule has 2 aliphatic rings. The number of fused-ring (bicyclic) bond motifs is 2. The first kappa shape index (κ1) is 17.3. The third-order valence-corrected chi connectivity index (χ3v) is 5.56. The van der Waals surface area contributed by atoms with Crippen molar-refractivity contribution >= 4 is 17.3 Å². The summed E-state index contributed by atoms with van der Waals surface area (Å²) in [6, 6.07) is 17.6. The van der Waals surface area contributed by atoms with Crippen molar-refractivity contribution in [1.82, 2.24) is 4.90 Å². The van der Waals surface area contributed by atoms with Crippen LogP contribution >= 0.6 is 11.8 Å². The Hall–Kier alpha value is -1.55. The van der Waals surface area contributed by atoms with Crippen LogP contribution in [0.15, 0.2) is 64.4 Å². The van der Waals surface area contributed by atoms with Crippen LogP contribution in [0.1, 0.15) is 24.5 Å². The number of hydrogen-bond donors (Lipinski definition) is 1. The van der Waals surface area contributed by atoms with E-state index in [0.29, 0.717) is 5.92 Å². The topological polar surface area (TPSA) is 23.5 Å². The van der Waals surface area contributed by atoms with E-state index in [4.69, 9.17) is 5.11 Å². The lowest BCUT2D eigenvalue weighted by molar-refractivity contribution is 0.318. The molecule has 0 saturated carbocycles. The lowest BCUT2D eigenvalue weighted by Gasteiger charge is -2.23. The van der Waals surface area contributed by atoms with Gasteiger partial charge in [-0.05, 0) is 61.7 Å². The maximum absolute atomic E-state index is 7.57. The highest BCUT2D eigenvalue weighted by Crippen LogP contribution is 2.45. The van der Waals surface area contributed by atoms with Crippen LogP contribution in [0, 0.1) is 5.92 Å². The molecule has 0 radical (unpaired) electrons. The predicted molar refractivity (Wildman–Crippen MR) is 102 cm³/mol. The van der Waals surface area contributed by atoms with Gasteiger partial charge in [-0.25, -0.2) is 0 Å². The smallest absolute Gasteiger partial charge is 0.0402 e. The molecule has 0 bridgehead atoms. The summed E-state index contributed by atoms with van der Waals surface area (Å²) in [4.78, 5) is 5.19. The monoisotopic (exact) mass is 339 g/mol. The molecule has 2 aromatic carbocycles. The van der Waals surface area contributed by atoms with Crippen LogP contribution in [0.25, 0.3) is 5.57 Å². The molecular formula is C21H25NOS. The molecule has 3 heteroatoms. The maximum Gasteiger partial charge on any atom is 0.0402 e. The summed E-state index contributed by atoms with van der Waals surface area (Å²) in [5.41, 5.74) is 4.23. The molecule has 126 valence electrons. The summed E-state index contributed by atoms with van der Waals surface area (Å²) in [5, 5.41) is 7.57. The Balaban J connectivity index is 0.000000526. The van der Waals surface area contributed by atoms with E-state index in [1.165, 1.54) is 46.0 Å². The number of benzene rings is 2. The van der Waals surface area contributed by atoms with E-state index in [9.17, 15) is 0 Å². The Labute approximate surface area is 149 Å². The van der Waals surface area contributed by atoms with Crippen molar-refractivity contribution in [2.75, 3.05) is 26.7 Å². The normalized spacial score (nSPS) is 19.1. The summed E-state index contributed by atoms with van der Waals surface area (Å²) >= 11 is 1.89. The largest absolute Gasteiger partial charge is 0.397 e. The molecule has 1 atom stereocenters. The Morgan fingerprint density at radius 3 is 2.12 bits per heavy atom. The lowest BCUT2D eigenvalue weighted by Crippen LogP contribution is -2.13. The van der Waals surface area contributed by atoms with Crippen LogP contribution in [0.5, 0.6) is 0 Å². The number of hydrogen-bond acceptors (Lipinski definition) is 3. The first-order valence-electron chi connectivity index (χ1n) is 8.60. The molecule has 1 unspecified atom stereocenters. The zero-order chi connectivity index (χ0) is 16.9. The van der Waals surface area contributed by atoms with Gasteiger partial charge in [0.25, 0.3) is 0 Å². The van der Waals surface area contributed by atoms with Gasteiger partial charge in [-0.3, -0.25) is 0 Å². The fourth-order valence-electron chi connectivity index (χ4n) is 3.34. The standard InChI is InChI=1S/C19H19NS.C2H6O/c1-20-11-10-14(13-20)12-17-15-6-2-4-8-18(15)21-19-9-5-3-7-16(17)19;1-2-3/h2-9,12,14H,10-11,13H2,1H3;3H,2H2,1H3. The van der Waals surface area contributed by atoms with E-state index >= 15 is 0 Å². The fourth-order valence-corrected chi connectivity index (χ4v) is 4.45. The molecule has 0 spiro atoms. The minimum absolute atomic E-state index is 0.250. The highest BCUT2D eigenvalue weighted by molar-refractivity contribution is 7.99. The summed E-state index contributed by atoms with van der Waals surface area (Å²) in [6.45, 7) is 4.33. The molecule has 1 N–H and O–H groups in total. The van der Waals surface area contributed by atoms with E-state index in [-0.39, 0.29) is 6.61 Å². The molecule has 2 nitrogen and oxygen atoms in total. The second-order valence-corrected chi connectivity index (χ2v) is 7.39. The molecule has 2 aromatic rings. The number of aliphatic hydroxyl groups is 1. The van der Waals surface area contributed by atoms with Crippen molar-refractivity contribution in [3.8, 4) is 0 Å². The van der Waals surface area contributed by atoms with E-state index < -0.39 is 0 Å². The SMILES string of the molecule is CCO.CN1CCC(C=C2c3ccccc3Sc3ccccc32)C1. The van der Waals surface area contributed by atoms with Crippen LogP contribution in [0.2, 0.25) is 0 Å². The van der Waals surface area contributed by atoms with Gasteiger partial charge in [0.15, 0.2) is 0 Å². The third kappa shape index (κ3) is 3.75. The third-order valence-electron chi connectivity index (χ3n) is 4.40. The fraction of sp³-hybridized carbons (Fsp3) is 0.333. The van der Waals surface area contributed by atoms with Gasteiger partial charge in [0.2, 0.25) is 0 Å². The molecule has 0 aromatic heterocycles. The van der Waals surface area contributed by atoms with Crippen LogP contribution in [-0.4, -0.2) is 36.8 Å². The Morgan fingerprint density at radius 1 is 1.08 bits per heavy atom. The van der Waals surface area contributed by atoms with Crippen molar-refractivity contribution in [2.45, 2.75) is 23.1 Å². The molecule has 1 saturated heterocycles. The second kappa shape index (κ2) is 8.02. The van der Waals surface area contributed by atoms with Crippen molar-refractivity contribution in [1.29, 1.82) is 0 Å². The zero-order valence-corrected chi connectivity index (χ0v) is 15.2. The first-order chi connectivity index (χ1) is 11.7. The molecule has 1 fully saturated rings. The molecule has 4 rings (SSSR count). The van der Waals surface area contributed by atoms with Gasteiger partial charge < -0.3 is 10.0 Å². The van der Waals surface area contributed by atoms with Crippen LogP contribution < -0.4 is 0 Å². The van der Waals surface area contributed by atoms with Gasteiger partial charge in [-0.2, -0.15) is 0 Å². The molecule has 0 amide bonds. The highest BCUT2D eigenvalue weighted by Gasteiger charge is 2.23. The average Bonchev–Trinajstić information content (AvgIpc) is 3.00. The molecular weight excluding hydrogens is 314 g/mol. The summed E-state index contributed by atoms with van der Waals surface area (Å²) < 4.78 is 0. The van der Waals surface area contributed by atoms with Crippen LogP contribution in [0.3, 0.4) is 0 Å². The average molecular weight is 340 g/mol. The van der Waals surface area contributed by atoms with Crippen molar-refractivity contribution in [3.05, 3.63) is 65.7 Å². The number of likely N-dealkylation sites (tertiary alicyclic amines) is 1. The lowest BCUT2D eigenvalue weighted by atomic mass is 9.93. The van der Waals surface area contributed by atoms with Gasteiger partial charge in [-0.15, -0.1) is 0 Å². The van der Waals surface area contributed by atoms with E-state index in [1.54, 1.807) is 6.92 Å². The van der Waals surface area contributed by atoms with Gasteiger partial charge in [0.1, 0.15) is 0 Å². The summed E-state index contributed by atoms with van der Waals surface area (Å²) in [6.07, 6.45) is 3.79. The number of aliphatic hydroxyl groups excluding tert-OH is 1. The molecule has 2 heterocycles. The van der Waals surface area contributed by atoms with Crippen molar-refractivity contribution < 1.29 is 5.11 Å². The van der Waals surface area contributed by atoms with Crippen LogP contribution in [0.4, 0.5) is 0 Å².